The fourth-order valence-corrected chi connectivity index (χ4v) is 4.57. The van der Waals surface area contributed by atoms with Crippen LogP contribution in [0.4, 0.5) is 5.82 Å². The minimum Gasteiger partial charge on any atom is -0.285 e. The number of aryl methyl sites for hydroxylation is 1. The zero-order chi connectivity index (χ0) is 19.0. The van der Waals surface area contributed by atoms with Crippen LogP contribution in [0.3, 0.4) is 0 Å². The van der Waals surface area contributed by atoms with Crippen LogP contribution in [0, 0.1) is 18.3 Å². The van der Waals surface area contributed by atoms with Gasteiger partial charge in [0.1, 0.15) is 11.3 Å². The third-order valence-electron chi connectivity index (χ3n) is 4.04. The molecule has 8 heteroatoms. The third-order valence-corrected chi connectivity index (χ3v) is 6.25. The van der Waals surface area contributed by atoms with E-state index in [1.807, 2.05) is 42.6 Å². The molecule has 0 saturated carbocycles. The van der Waals surface area contributed by atoms with Crippen molar-refractivity contribution in [2.45, 2.75) is 11.8 Å². The predicted octanol–water partition coefficient (Wildman–Crippen LogP) is 4.04. The van der Waals surface area contributed by atoms with Gasteiger partial charge in [-0.2, -0.15) is 5.26 Å². The highest BCUT2D eigenvalue weighted by molar-refractivity contribution is 7.92. The molecule has 1 aromatic carbocycles. The molecule has 6 nitrogen and oxygen atoms in total. The number of pyridine rings is 1. The quantitative estimate of drug-likeness (QED) is 0.566. The van der Waals surface area contributed by atoms with Crippen molar-refractivity contribution in [1.29, 1.82) is 5.26 Å². The predicted molar refractivity (Wildman–Crippen MR) is 105 cm³/mol. The lowest BCUT2D eigenvalue weighted by molar-refractivity contribution is 0.601. The maximum Gasteiger partial charge on any atom is 0.263 e. The van der Waals surface area contributed by atoms with Gasteiger partial charge in [-0.05, 0) is 54.3 Å². The Kier molecular flexibility index (Phi) is 4.18. The molecule has 0 saturated heterocycles. The highest BCUT2D eigenvalue weighted by atomic mass is 32.2. The van der Waals surface area contributed by atoms with Gasteiger partial charge in [0.2, 0.25) is 0 Å². The van der Waals surface area contributed by atoms with Crippen molar-refractivity contribution >= 4 is 32.8 Å². The zero-order valence-electron chi connectivity index (χ0n) is 14.2. The molecule has 4 rings (SSSR count). The zero-order valence-corrected chi connectivity index (χ0v) is 15.9. The van der Waals surface area contributed by atoms with Gasteiger partial charge in [-0.15, -0.1) is 11.3 Å². The topological polar surface area (TPSA) is 87.3 Å². The van der Waals surface area contributed by atoms with Crippen molar-refractivity contribution in [1.82, 2.24) is 9.38 Å². The van der Waals surface area contributed by atoms with Crippen LogP contribution in [-0.4, -0.2) is 17.8 Å². The Hall–Kier alpha value is -3.15. The molecule has 0 spiro atoms. The van der Waals surface area contributed by atoms with Crippen molar-refractivity contribution in [2.24, 2.45) is 0 Å². The number of hydrogen-bond acceptors (Lipinski definition) is 5. The standard InChI is InChI=1S/C19H14N4O2S2/c1-13-7-8-23-17(10-13)21-18(16-6-3-9-26-16)19(23)22-27(24,25)15-5-2-4-14(11-15)12-20/h2-11,22H,1H3. The number of rotatable bonds is 4. The van der Waals surface area contributed by atoms with Crippen molar-refractivity contribution in [3.63, 3.8) is 0 Å². The summed E-state index contributed by atoms with van der Waals surface area (Å²) in [6.07, 6.45) is 1.79. The van der Waals surface area contributed by atoms with E-state index in [9.17, 15) is 8.42 Å². The second-order valence-electron chi connectivity index (χ2n) is 5.96. The van der Waals surface area contributed by atoms with Gasteiger partial charge < -0.3 is 0 Å². The molecule has 0 aliphatic carbocycles. The Bertz CT molecular complexity index is 1280. The smallest absolute Gasteiger partial charge is 0.263 e. The first kappa shape index (κ1) is 17.3. The van der Waals surface area contributed by atoms with Crippen LogP contribution in [0.5, 0.6) is 0 Å². The second-order valence-corrected chi connectivity index (χ2v) is 8.59. The van der Waals surface area contributed by atoms with Gasteiger partial charge in [0.25, 0.3) is 10.0 Å². The molecule has 3 aromatic heterocycles. The van der Waals surface area contributed by atoms with E-state index in [1.54, 1.807) is 22.7 Å². The summed E-state index contributed by atoms with van der Waals surface area (Å²) in [4.78, 5) is 5.51. The molecule has 0 amide bonds. The Morgan fingerprint density at radius 3 is 2.78 bits per heavy atom. The molecule has 27 heavy (non-hydrogen) atoms. The average molecular weight is 394 g/mol. The number of nitrogens with one attached hydrogen (secondary N) is 1. The highest BCUT2D eigenvalue weighted by Crippen LogP contribution is 2.33. The molecule has 4 aromatic rings. The first-order valence-electron chi connectivity index (χ1n) is 8.03. The highest BCUT2D eigenvalue weighted by Gasteiger charge is 2.22. The number of anilines is 1. The number of sulfonamides is 1. The van der Waals surface area contributed by atoms with Gasteiger partial charge in [-0.1, -0.05) is 12.1 Å². The maximum atomic E-state index is 12.9. The molecule has 0 fully saturated rings. The molecular formula is C19H14N4O2S2. The Balaban J connectivity index is 1.88. The van der Waals surface area contributed by atoms with Gasteiger partial charge >= 0.3 is 0 Å². The number of hydrogen-bond donors (Lipinski definition) is 1. The molecule has 0 atom stereocenters. The minimum atomic E-state index is -3.89. The van der Waals surface area contributed by atoms with E-state index in [0.717, 1.165) is 10.4 Å². The number of nitriles is 1. The fraction of sp³-hybridized carbons (Fsp3) is 0.0526. The van der Waals surface area contributed by atoms with Crippen LogP contribution in [-0.2, 0) is 10.0 Å². The fourth-order valence-electron chi connectivity index (χ4n) is 2.75. The van der Waals surface area contributed by atoms with E-state index in [2.05, 4.69) is 9.71 Å². The largest absolute Gasteiger partial charge is 0.285 e. The van der Waals surface area contributed by atoms with E-state index in [4.69, 9.17) is 5.26 Å². The van der Waals surface area contributed by atoms with Crippen molar-refractivity contribution in [2.75, 3.05) is 4.72 Å². The molecule has 0 bridgehead atoms. The summed E-state index contributed by atoms with van der Waals surface area (Å²) in [6.45, 7) is 1.96. The van der Waals surface area contributed by atoms with Crippen LogP contribution in [0.15, 0.2) is 65.0 Å². The number of thiophene rings is 1. The first-order chi connectivity index (χ1) is 13.0. The summed E-state index contributed by atoms with van der Waals surface area (Å²) < 4.78 is 30.3. The van der Waals surface area contributed by atoms with Crippen LogP contribution in [0.1, 0.15) is 11.1 Å². The van der Waals surface area contributed by atoms with E-state index in [-0.39, 0.29) is 10.5 Å². The van der Waals surface area contributed by atoms with E-state index in [0.29, 0.717) is 17.2 Å². The third kappa shape index (κ3) is 3.18. The number of aromatic nitrogens is 2. The van der Waals surface area contributed by atoms with Gasteiger partial charge in [0, 0.05) is 6.20 Å². The molecule has 134 valence electrons. The van der Waals surface area contributed by atoms with Gasteiger partial charge in [-0.3, -0.25) is 9.12 Å². The first-order valence-corrected chi connectivity index (χ1v) is 10.4. The summed E-state index contributed by atoms with van der Waals surface area (Å²) in [7, 11) is -3.89. The summed E-state index contributed by atoms with van der Waals surface area (Å²) in [6, 6.07) is 15.4. The molecule has 0 aliphatic rings. The van der Waals surface area contributed by atoms with Crippen LogP contribution >= 0.6 is 11.3 Å². The van der Waals surface area contributed by atoms with Crippen LogP contribution < -0.4 is 4.72 Å². The van der Waals surface area contributed by atoms with Crippen molar-refractivity contribution in [3.05, 3.63) is 71.2 Å². The lowest BCUT2D eigenvalue weighted by Crippen LogP contribution is -2.15. The minimum absolute atomic E-state index is 0.0285. The molecule has 1 N–H and O–H groups in total. The van der Waals surface area contributed by atoms with E-state index < -0.39 is 10.0 Å². The normalized spacial score (nSPS) is 11.4. The number of benzene rings is 1. The second kappa shape index (κ2) is 6.54. The van der Waals surface area contributed by atoms with Gasteiger partial charge in [0.05, 0.1) is 21.4 Å². The molecule has 0 unspecified atom stereocenters. The Morgan fingerprint density at radius 2 is 2.04 bits per heavy atom. The summed E-state index contributed by atoms with van der Waals surface area (Å²) in [5.41, 5.74) is 2.53. The number of nitrogens with zero attached hydrogens (tertiary/aromatic N) is 3. The summed E-state index contributed by atoms with van der Waals surface area (Å²) in [5, 5.41) is 11.0. The van der Waals surface area contributed by atoms with Crippen LogP contribution in [0.25, 0.3) is 16.2 Å². The molecular weight excluding hydrogens is 380 g/mol. The number of fused-ring (bicyclic) bond motifs is 1. The summed E-state index contributed by atoms with van der Waals surface area (Å²) >= 11 is 1.48. The average Bonchev–Trinajstić information content (AvgIpc) is 3.29. The summed E-state index contributed by atoms with van der Waals surface area (Å²) in [5.74, 6) is 0.370. The molecule has 0 aliphatic heterocycles. The molecule has 3 heterocycles. The Labute approximate surface area is 160 Å². The van der Waals surface area contributed by atoms with Gasteiger partial charge in [-0.25, -0.2) is 13.4 Å². The molecule has 0 radical (unpaired) electrons. The number of imidazole rings is 1. The van der Waals surface area contributed by atoms with E-state index in [1.165, 1.54) is 23.5 Å². The lowest BCUT2D eigenvalue weighted by atomic mass is 10.2. The monoisotopic (exact) mass is 394 g/mol. The van der Waals surface area contributed by atoms with Crippen molar-refractivity contribution in [3.8, 4) is 16.6 Å². The maximum absolute atomic E-state index is 12.9. The van der Waals surface area contributed by atoms with Crippen molar-refractivity contribution < 1.29 is 8.42 Å². The SMILES string of the molecule is Cc1ccn2c(NS(=O)(=O)c3cccc(C#N)c3)c(-c3cccs3)nc2c1. The van der Waals surface area contributed by atoms with Gasteiger partial charge in [0.15, 0.2) is 5.82 Å². The van der Waals surface area contributed by atoms with Crippen LogP contribution in [0.2, 0.25) is 0 Å². The lowest BCUT2D eigenvalue weighted by Gasteiger charge is -2.10. The Morgan fingerprint density at radius 1 is 1.19 bits per heavy atom. The van der Waals surface area contributed by atoms with E-state index >= 15 is 0 Å².